The van der Waals surface area contributed by atoms with Crippen molar-refractivity contribution in [1.29, 1.82) is 0 Å². The van der Waals surface area contributed by atoms with Gasteiger partial charge in [0.2, 0.25) is 0 Å². The largest absolute Gasteiger partial charge is 0.384 e. The molecule has 1 aliphatic rings. The Morgan fingerprint density at radius 2 is 2.28 bits per heavy atom. The number of nitrogens with one attached hydrogen (secondary N) is 1. The highest BCUT2D eigenvalue weighted by Gasteiger charge is 2.24. The molecule has 0 spiro atoms. The molecule has 0 saturated carbocycles. The average Bonchev–Trinajstić information content (AvgIpc) is 3.26. The predicted octanol–water partition coefficient (Wildman–Crippen LogP) is 1.62. The zero-order chi connectivity index (χ0) is 17.6. The molecule has 0 amide bonds. The van der Waals surface area contributed by atoms with Crippen LogP contribution in [0.25, 0.3) is 5.82 Å². The van der Waals surface area contributed by atoms with Crippen LogP contribution >= 0.6 is 0 Å². The Hall–Kier alpha value is -2.41. The van der Waals surface area contributed by atoms with Crippen molar-refractivity contribution in [2.75, 3.05) is 33.9 Å². The molecule has 25 heavy (non-hydrogen) atoms. The zero-order valence-electron chi connectivity index (χ0n) is 15.1. The van der Waals surface area contributed by atoms with Gasteiger partial charge in [-0.15, -0.1) is 0 Å². The third kappa shape index (κ3) is 4.17. The number of ether oxygens (including phenoxy) is 1. The molecule has 1 N–H and O–H groups in total. The number of likely N-dealkylation sites (tertiary alicyclic amines) is 1. The number of guanidine groups is 1. The van der Waals surface area contributed by atoms with Crippen LogP contribution in [0.3, 0.4) is 0 Å². The molecule has 2 aromatic rings. The van der Waals surface area contributed by atoms with Crippen LogP contribution in [0.4, 0.5) is 0 Å². The number of hydrogen-bond donors (Lipinski definition) is 1. The van der Waals surface area contributed by atoms with Crippen LogP contribution in [0.1, 0.15) is 17.8 Å². The van der Waals surface area contributed by atoms with Gasteiger partial charge in [-0.25, -0.2) is 9.97 Å². The maximum atomic E-state index is 5.27. The summed E-state index contributed by atoms with van der Waals surface area (Å²) in [4.78, 5) is 15.5. The Balaban J connectivity index is 1.56. The van der Waals surface area contributed by atoms with Gasteiger partial charge in [-0.2, -0.15) is 0 Å². The summed E-state index contributed by atoms with van der Waals surface area (Å²) in [7, 11) is 3.59. The van der Waals surface area contributed by atoms with Crippen LogP contribution < -0.4 is 5.32 Å². The minimum Gasteiger partial charge on any atom is -0.384 e. The standard InChI is InChI=1S/C18H26N6O/c1-14-20-7-9-24(14)17-5-4-15(10-21-17)11-22-18(19-2)23-8-6-16(12-23)13-25-3/h4-5,7,9-10,16H,6,8,11-13H2,1-3H3,(H,19,22). The minimum absolute atomic E-state index is 0.586. The van der Waals surface area contributed by atoms with Crippen molar-refractivity contribution < 1.29 is 4.74 Å². The summed E-state index contributed by atoms with van der Waals surface area (Å²) in [5, 5.41) is 3.43. The fourth-order valence-corrected chi connectivity index (χ4v) is 3.19. The summed E-state index contributed by atoms with van der Waals surface area (Å²) in [6.45, 7) is 5.49. The summed E-state index contributed by atoms with van der Waals surface area (Å²) in [6.07, 6.45) is 6.74. The van der Waals surface area contributed by atoms with Gasteiger partial charge in [0.25, 0.3) is 0 Å². The lowest BCUT2D eigenvalue weighted by atomic mass is 10.1. The molecule has 3 rings (SSSR count). The van der Waals surface area contributed by atoms with Gasteiger partial charge >= 0.3 is 0 Å². The maximum absolute atomic E-state index is 5.27. The van der Waals surface area contributed by atoms with E-state index in [1.807, 2.05) is 37.0 Å². The van der Waals surface area contributed by atoms with Crippen molar-refractivity contribution in [2.45, 2.75) is 19.9 Å². The second-order valence-corrected chi connectivity index (χ2v) is 6.33. The predicted molar refractivity (Wildman–Crippen MR) is 97.9 cm³/mol. The summed E-state index contributed by atoms with van der Waals surface area (Å²) >= 11 is 0. The monoisotopic (exact) mass is 342 g/mol. The maximum Gasteiger partial charge on any atom is 0.193 e. The molecule has 0 aromatic carbocycles. The molecule has 1 saturated heterocycles. The van der Waals surface area contributed by atoms with Crippen molar-refractivity contribution in [3.63, 3.8) is 0 Å². The van der Waals surface area contributed by atoms with E-state index in [-0.39, 0.29) is 0 Å². The Bertz CT molecular complexity index is 709. The third-order valence-electron chi connectivity index (χ3n) is 4.53. The summed E-state index contributed by atoms with van der Waals surface area (Å²) in [6, 6.07) is 4.10. The Morgan fingerprint density at radius 1 is 1.40 bits per heavy atom. The molecule has 0 radical (unpaired) electrons. The van der Waals surface area contributed by atoms with E-state index in [0.717, 1.165) is 49.3 Å². The van der Waals surface area contributed by atoms with E-state index in [4.69, 9.17) is 4.74 Å². The lowest BCUT2D eigenvalue weighted by Gasteiger charge is -2.21. The molecule has 1 unspecified atom stereocenters. The first-order valence-electron chi connectivity index (χ1n) is 8.61. The number of imidazole rings is 1. The molecule has 1 fully saturated rings. The minimum atomic E-state index is 0.586. The van der Waals surface area contributed by atoms with E-state index < -0.39 is 0 Å². The molecule has 0 aliphatic carbocycles. The molecular formula is C18H26N6O. The van der Waals surface area contributed by atoms with Crippen molar-refractivity contribution in [3.05, 3.63) is 42.1 Å². The van der Waals surface area contributed by atoms with Crippen LogP contribution in [0.15, 0.2) is 35.7 Å². The number of nitrogens with zero attached hydrogens (tertiary/aromatic N) is 5. The quantitative estimate of drug-likeness (QED) is 0.661. The molecule has 7 nitrogen and oxygen atoms in total. The van der Waals surface area contributed by atoms with Gasteiger partial charge in [0, 0.05) is 58.3 Å². The molecule has 0 bridgehead atoms. The average molecular weight is 342 g/mol. The van der Waals surface area contributed by atoms with Crippen molar-refractivity contribution in [1.82, 2.24) is 24.8 Å². The number of pyridine rings is 1. The molecule has 134 valence electrons. The summed E-state index contributed by atoms with van der Waals surface area (Å²) < 4.78 is 7.23. The van der Waals surface area contributed by atoms with E-state index in [9.17, 15) is 0 Å². The number of hydrogen-bond acceptors (Lipinski definition) is 4. The van der Waals surface area contributed by atoms with Gasteiger partial charge in [-0.3, -0.25) is 9.56 Å². The van der Waals surface area contributed by atoms with Crippen LogP contribution in [-0.4, -0.2) is 59.2 Å². The third-order valence-corrected chi connectivity index (χ3v) is 4.53. The summed E-state index contributed by atoms with van der Waals surface area (Å²) in [5.41, 5.74) is 1.12. The highest BCUT2D eigenvalue weighted by Crippen LogP contribution is 2.16. The first kappa shape index (κ1) is 17.4. The normalized spacial score (nSPS) is 18.0. The topological polar surface area (TPSA) is 67.6 Å². The fourth-order valence-electron chi connectivity index (χ4n) is 3.19. The highest BCUT2D eigenvalue weighted by molar-refractivity contribution is 5.80. The number of aromatic nitrogens is 3. The van der Waals surface area contributed by atoms with Gasteiger partial charge in [-0.1, -0.05) is 6.07 Å². The molecule has 1 aliphatic heterocycles. The van der Waals surface area contributed by atoms with Gasteiger partial charge in [0.15, 0.2) is 5.96 Å². The molecule has 7 heteroatoms. The van der Waals surface area contributed by atoms with Gasteiger partial charge in [0.05, 0.1) is 6.61 Å². The second-order valence-electron chi connectivity index (χ2n) is 6.33. The Morgan fingerprint density at radius 3 is 2.92 bits per heavy atom. The van der Waals surface area contributed by atoms with Crippen LogP contribution in [-0.2, 0) is 11.3 Å². The van der Waals surface area contributed by atoms with Gasteiger partial charge in [0.1, 0.15) is 11.6 Å². The van der Waals surface area contributed by atoms with Crippen molar-refractivity contribution in [3.8, 4) is 5.82 Å². The number of rotatable bonds is 5. The zero-order valence-corrected chi connectivity index (χ0v) is 15.1. The SMILES string of the molecule is CN=C(NCc1ccc(-n2ccnc2C)nc1)N1CCC(COC)C1. The van der Waals surface area contributed by atoms with Crippen molar-refractivity contribution in [2.24, 2.45) is 10.9 Å². The van der Waals surface area contributed by atoms with Crippen molar-refractivity contribution >= 4 is 5.96 Å². The van der Waals surface area contributed by atoms with E-state index >= 15 is 0 Å². The fraction of sp³-hybridized carbons (Fsp3) is 0.500. The molecule has 1 atom stereocenters. The van der Waals surface area contributed by atoms with E-state index in [1.54, 1.807) is 13.3 Å². The number of aliphatic imine (C=N–C) groups is 1. The first-order valence-corrected chi connectivity index (χ1v) is 8.61. The smallest absolute Gasteiger partial charge is 0.193 e. The van der Waals surface area contributed by atoms with E-state index in [1.165, 1.54) is 0 Å². The van der Waals surface area contributed by atoms with E-state index in [0.29, 0.717) is 12.5 Å². The first-order chi connectivity index (χ1) is 12.2. The Labute approximate surface area is 148 Å². The lowest BCUT2D eigenvalue weighted by molar-refractivity contribution is 0.157. The Kier molecular flexibility index (Phi) is 5.65. The van der Waals surface area contributed by atoms with Crippen LogP contribution in [0.2, 0.25) is 0 Å². The van der Waals surface area contributed by atoms with Gasteiger partial charge in [-0.05, 0) is 25.0 Å². The molecule has 2 aromatic heterocycles. The van der Waals surface area contributed by atoms with Crippen LogP contribution in [0.5, 0.6) is 0 Å². The molecule has 3 heterocycles. The van der Waals surface area contributed by atoms with Crippen LogP contribution in [0, 0.1) is 12.8 Å². The molecular weight excluding hydrogens is 316 g/mol. The number of methoxy groups -OCH3 is 1. The van der Waals surface area contributed by atoms with Gasteiger partial charge < -0.3 is 15.0 Å². The highest BCUT2D eigenvalue weighted by atomic mass is 16.5. The summed E-state index contributed by atoms with van der Waals surface area (Å²) in [5.74, 6) is 3.33. The number of aryl methyl sites for hydroxylation is 1. The van der Waals surface area contributed by atoms with E-state index in [2.05, 4.69) is 31.2 Å². The lowest BCUT2D eigenvalue weighted by Crippen LogP contribution is -2.39. The second kappa shape index (κ2) is 8.11.